The van der Waals surface area contributed by atoms with Crippen LogP contribution in [0.1, 0.15) is 43.4 Å². The fourth-order valence-electron chi connectivity index (χ4n) is 2.63. The minimum Gasteiger partial charge on any atom is -0.481 e. The van der Waals surface area contributed by atoms with Gasteiger partial charge in [-0.2, -0.15) is 0 Å². The average Bonchev–Trinajstić information content (AvgIpc) is 2.54. The summed E-state index contributed by atoms with van der Waals surface area (Å²) in [7, 11) is 0. The number of aliphatic carboxylic acids is 1. The highest BCUT2D eigenvalue weighted by molar-refractivity contribution is 9.10. The van der Waals surface area contributed by atoms with Crippen LogP contribution in [-0.2, 0) is 11.2 Å². The molecule has 0 amide bonds. The largest absolute Gasteiger partial charge is 0.481 e. The van der Waals surface area contributed by atoms with Gasteiger partial charge in [-0.05, 0) is 46.6 Å². The molecule has 0 radical (unpaired) electrons. The Morgan fingerprint density at radius 2 is 2.00 bits per heavy atom. The first kappa shape index (κ1) is 13.1. The summed E-state index contributed by atoms with van der Waals surface area (Å²) in [6.45, 7) is 0. The number of carboxylic acid groups (broad SMARTS) is 1. The summed E-state index contributed by atoms with van der Waals surface area (Å²) in [6.07, 6.45) is 6.80. The fraction of sp³-hybridized carbons (Fsp3) is 0.615. The number of carbonyl (C=O) groups is 1. The molecule has 1 saturated carbocycles. The number of carboxylic acids is 1. The molecule has 0 aliphatic heterocycles. The van der Waals surface area contributed by atoms with Gasteiger partial charge >= 0.3 is 5.97 Å². The van der Waals surface area contributed by atoms with Crippen molar-refractivity contribution >= 4 is 33.2 Å². The summed E-state index contributed by atoms with van der Waals surface area (Å²) >= 11 is 5.16. The van der Waals surface area contributed by atoms with E-state index in [0.717, 1.165) is 30.2 Å². The van der Waals surface area contributed by atoms with Crippen LogP contribution in [0.25, 0.3) is 0 Å². The van der Waals surface area contributed by atoms with Crippen molar-refractivity contribution in [2.75, 3.05) is 0 Å². The lowest BCUT2D eigenvalue weighted by atomic mass is 9.77. The van der Waals surface area contributed by atoms with Gasteiger partial charge < -0.3 is 5.11 Å². The molecule has 1 aliphatic carbocycles. The van der Waals surface area contributed by atoms with Gasteiger partial charge in [0, 0.05) is 9.35 Å². The quantitative estimate of drug-likeness (QED) is 0.835. The summed E-state index contributed by atoms with van der Waals surface area (Å²) in [5.41, 5.74) is -0.524. The van der Waals surface area contributed by atoms with Crippen molar-refractivity contribution in [2.45, 2.75) is 44.9 Å². The van der Waals surface area contributed by atoms with Crippen molar-refractivity contribution in [2.24, 2.45) is 5.41 Å². The molecule has 17 heavy (non-hydrogen) atoms. The zero-order valence-corrected chi connectivity index (χ0v) is 12.1. The molecule has 1 N–H and O–H groups in total. The number of halogens is 1. The van der Waals surface area contributed by atoms with Crippen LogP contribution in [0.15, 0.2) is 15.9 Å². The summed E-state index contributed by atoms with van der Waals surface area (Å²) in [6, 6.07) is 2.01. The molecule has 1 aliphatic rings. The SMILES string of the molecule is O=C(O)C1(Cc2sccc2Br)CCCCCC1. The number of rotatable bonds is 3. The van der Waals surface area contributed by atoms with E-state index in [9.17, 15) is 9.90 Å². The first-order valence-corrected chi connectivity index (χ1v) is 7.77. The second-order valence-corrected chi connectivity index (χ2v) is 6.72. The topological polar surface area (TPSA) is 37.3 Å². The molecule has 2 nitrogen and oxygen atoms in total. The van der Waals surface area contributed by atoms with Crippen molar-refractivity contribution in [3.8, 4) is 0 Å². The second-order valence-electron chi connectivity index (χ2n) is 4.87. The molecule has 1 heterocycles. The van der Waals surface area contributed by atoms with Gasteiger partial charge in [-0.15, -0.1) is 11.3 Å². The molecule has 1 aromatic heterocycles. The van der Waals surface area contributed by atoms with Crippen LogP contribution in [0.4, 0.5) is 0 Å². The summed E-state index contributed by atoms with van der Waals surface area (Å²) in [5, 5.41) is 11.6. The van der Waals surface area contributed by atoms with Gasteiger partial charge in [0.2, 0.25) is 0 Å². The van der Waals surface area contributed by atoms with E-state index in [4.69, 9.17) is 0 Å². The molecule has 2 rings (SSSR count). The van der Waals surface area contributed by atoms with Gasteiger partial charge in [-0.25, -0.2) is 0 Å². The Morgan fingerprint density at radius 1 is 1.35 bits per heavy atom. The molecule has 0 aromatic carbocycles. The Balaban J connectivity index is 2.21. The predicted octanol–water partition coefficient (Wildman–Crippen LogP) is 4.48. The lowest BCUT2D eigenvalue weighted by molar-refractivity contribution is -0.149. The molecule has 0 bridgehead atoms. The molecule has 0 atom stereocenters. The van der Waals surface area contributed by atoms with Crippen LogP contribution in [0.5, 0.6) is 0 Å². The third-order valence-electron chi connectivity index (χ3n) is 3.70. The highest BCUT2D eigenvalue weighted by Gasteiger charge is 2.39. The van der Waals surface area contributed by atoms with E-state index in [1.54, 1.807) is 11.3 Å². The van der Waals surface area contributed by atoms with E-state index in [2.05, 4.69) is 15.9 Å². The van der Waals surface area contributed by atoms with Gasteiger partial charge in [0.05, 0.1) is 5.41 Å². The predicted molar refractivity (Wildman–Crippen MR) is 73.5 cm³/mol. The third-order valence-corrected chi connectivity index (χ3v) is 5.63. The van der Waals surface area contributed by atoms with E-state index in [-0.39, 0.29) is 0 Å². The summed E-state index contributed by atoms with van der Waals surface area (Å²) in [5.74, 6) is -0.611. The maximum Gasteiger partial charge on any atom is 0.309 e. The maximum absolute atomic E-state index is 11.7. The third kappa shape index (κ3) is 2.91. The minimum atomic E-state index is -0.611. The molecule has 4 heteroatoms. The van der Waals surface area contributed by atoms with Gasteiger partial charge in [-0.3, -0.25) is 4.79 Å². The van der Waals surface area contributed by atoms with Crippen LogP contribution in [0.2, 0.25) is 0 Å². The lowest BCUT2D eigenvalue weighted by Crippen LogP contribution is -2.32. The Hall–Kier alpha value is -0.350. The van der Waals surface area contributed by atoms with E-state index in [1.165, 1.54) is 17.7 Å². The summed E-state index contributed by atoms with van der Waals surface area (Å²) in [4.78, 5) is 12.8. The minimum absolute atomic E-state index is 0.524. The van der Waals surface area contributed by atoms with Crippen molar-refractivity contribution < 1.29 is 9.90 Å². The zero-order valence-electron chi connectivity index (χ0n) is 9.75. The van der Waals surface area contributed by atoms with Crippen LogP contribution in [0.3, 0.4) is 0 Å². The van der Waals surface area contributed by atoms with Crippen molar-refractivity contribution in [1.29, 1.82) is 0 Å². The highest BCUT2D eigenvalue weighted by Crippen LogP contribution is 2.41. The zero-order chi connectivity index (χ0) is 12.3. The Bertz CT molecular complexity index is 392. The first-order chi connectivity index (χ1) is 8.14. The molecule has 1 aromatic rings. The maximum atomic E-state index is 11.7. The number of thiophene rings is 1. The standard InChI is InChI=1S/C13H17BrO2S/c14-10-5-8-17-11(10)9-13(12(15)16)6-3-1-2-4-7-13/h5,8H,1-4,6-7,9H2,(H,15,16). The van der Waals surface area contributed by atoms with Crippen molar-refractivity contribution in [1.82, 2.24) is 0 Å². The Labute approximate surface area is 114 Å². The smallest absolute Gasteiger partial charge is 0.309 e. The second kappa shape index (κ2) is 5.53. The Morgan fingerprint density at radius 3 is 2.47 bits per heavy atom. The summed E-state index contributed by atoms with van der Waals surface area (Å²) < 4.78 is 1.06. The molecule has 0 spiro atoms. The molecular weight excluding hydrogens is 300 g/mol. The van der Waals surface area contributed by atoms with E-state index in [0.29, 0.717) is 6.42 Å². The van der Waals surface area contributed by atoms with Gasteiger partial charge in [0.1, 0.15) is 0 Å². The number of hydrogen-bond acceptors (Lipinski definition) is 2. The van der Waals surface area contributed by atoms with Crippen LogP contribution < -0.4 is 0 Å². The Kier molecular flexibility index (Phi) is 4.26. The monoisotopic (exact) mass is 316 g/mol. The van der Waals surface area contributed by atoms with Crippen LogP contribution >= 0.6 is 27.3 Å². The average molecular weight is 317 g/mol. The lowest BCUT2D eigenvalue weighted by Gasteiger charge is -2.27. The van der Waals surface area contributed by atoms with Crippen LogP contribution in [0, 0.1) is 5.41 Å². The van der Waals surface area contributed by atoms with Crippen LogP contribution in [-0.4, -0.2) is 11.1 Å². The fourth-order valence-corrected chi connectivity index (χ4v) is 4.27. The molecule has 1 fully saturated rings. The van der Waals surface area contributed by atoms with E-state index in [1.807, 2.05) is 11.4 Å². The molecule has 0 unspecified atom stereocenters. The van der Waals surface area contributed by atoms with Gasteiger partial charge in [-0.1, -0.05) is 25.7 Å². The molecular formula is C13H17BrO2S. The van der Waals surface area contributed by atoms with Gasteiger partial charge in [0.25, 0.3) is 0 Å². The van der Waals surface area contributed by atoms with E-state index < -0.39 is 11.4 Å². The van der Waals surface area contributed by atoms with Crippen molar-refractivity contribution in [3.63, 3.8) is 0 Å². The van der Waals surface area contributed by atoms with Gasteiger partial charge in [0.15, 0.2) is 0 Å². The highest BCUT2D eigenvalue weighted by atomic mass is 79.9. The normalized spacial score (nSPS) is 19.8. The molecule has 0 saturated heterocycles. The molecule has 94 valence electrons. The van der Waals surface area contributed by atoms with Crippen molar-refractivity contribution in [3.05, 3.63) is 20.8 Å². The number of hydrogen-bond donors (Lipinski definition) is 1. The van der Waals surface area contributed by atoms with E-state index >= 15 is 0 Å². The first-order valence-electron chi connectivity index (χ1n) is 6.09.